The number of rotatable bonds is 3. The lowest BCUT2D eigenvalue weighted by atomic mass is 10.1. The summed E-state index contributed by atoms with van der Waals surface area (Å²) in [5, 5.41) is 2.95. The van der Waals surface area contributed by atoms with Gasteiger partial charge in [-0.25, -0.2) is 0 Å². The zero-order valence-electron chi connectivity index (χ0n) is 9.35. The van der Waals surface area contributed by atoms with E-state index in [1.807, 2.05) is 19.1 Å². The molecule has 1 aliphatic heterocycles. The van der Waals surface area contributed by atoms with Crippen molar-refractivity contribution < 1.29 is 9.53 Å². The van der Waals surface area contributed by atoms with Crippen LogP contribution in [0.2, 0.25) is 0 Å². The van der Waals surface area contributed by atoms with Gasteiger partial charge in [-0.05, 0) is 37.5 Å². The molecule has 2 rings (SSSR count). The van der Waals surface area contributed by atoms with Crippen LogP contribution in [0.5, 0.6) is 0 Å². The fraction of sp³-hybridized carbons (Fsp3) is 0.500. The number of amides is 1. The van der Waals surface area contributed by atoms with E-state index in [2.05, 4.69) is 10.3 Å². The van der Waals surface area contributed by atoms with Gasteiger partial charge in [0.15, 0.2) is 0 Å². The van der Waals surface area contributed by atoms with Crippen molar-refractivity contribution in [3.8, 4) is 0 Å². The van der Waals surface area contributed by atoms with Crippen LogP contribution in [0.3, 0.4) is 0 Å². The second-order valence-electron chi connectivity index (χ2n) is 4.01. The van der Waals surface area contributed by atoms with Gasteiger partial charge in [0.05, 0.1) is 6.04 Å². The van der Waals surface area contributed by atoms with Crippen LogP contribution in [-0.4, -0.2) is 23.6 Å². The van der Waals surface area contributed by atoms with Gasteiger partial charge in [-0.3, -0.25) is 9.78 Å². The molecule has 86 valence electrons. The highest BCUT2D eigenvalue weighted by Crippen LogP contribution is 2.15. The van der Waals surface area contributed by atoms with E-state index >= 15 is 0 Å². The molecule has 1 aromatic rings. The number of pyridine rings is 1. The van der Waals surface area contributed by atoms with Crippen molar-refractivity contribution in [3.05, 3.63) is 30.1 Å². The van der Waals surface area contributed by atoms with Crippen LogP contribution >= 0.6 is 0 Å². The van der Waals surface area contributed by atoms with Crippen molar-refractivity contribution in [2.24, 2.45) is 0 Å². The molecule has 2 heterocycles. The van der Waals surface area contributed by atoms with Gasteiger partial charge in [-0.15, -0.1) is 0 Å². The van der Waals surface area contributed by atoms with E-state index in [0.717, 1.165) is 18.4 Å². The third kappa shape index (κ3) is 2.58. The molecule has 2 unspecified atom stereocenters. The van der Waals surface area contributed by atoms with Crippen molar-refractivity contribution in [2.75, 3.05) is 6.61 Å². The Morgan fingerprint density at radius 1 is 1.56 bits per heavy atom. The van der Waals surface area contributed by atoms with Gasteiger partial charge in [-0.1, -0.05) is 0 Å². The Balaban J connectivity index is 1.92. The molecule has 0 aliphatic carbocycles. The number of hydrogen-bond donors (Lipinski definition) is 1. The Hall–Kier alpha value is -1.42. The van der Waals surface area contributed by atoms with Crippen molar-refractivity contribution in [2.45, 2.75) is 31.9 Å². The lowest BCUT2D eigenvalue weighted by molar-refractivity contribution is -0.130. The molecule has 0 bridgehead atoms. The molecule has 1 N–H and O–H groups in total. The molecule has 1 aromatic heterocycles. The fourth-order valence-corrected chi connectivity index (χ4v) is 1.83. The van der Waals surface area contributed by atoms with Crippen LogP contribution in [0.15, 0.2) is 24.5 Å². The number of aromatic nitrogens is 1. The smallest absolute Gasteiger partial charge is 0.249 e. The minimum absolute atomic E-state index is 0.000278. The summed E-state index contributed by atoms with van der Waals surface area (Å²) in [5.41, 5.74) is 1.06. The highest BCUT2D eigenvalue weighted by atomic mass is 16.5. The van der Waals surface area contributed by atoms with Gasteiger partial charge < -0.3 is 10.1 Å². The third-order valence-electron chi connectivity index (χ3n) is 2.79. The predicted octanol–water partition coefficient (Wildman–Crippen LogP) is 1.44. The molecule has 4 nitrogen and oxygen atoms in total. The van der Waals surface area contributed by atoms with Crippen LogP contribution in [-0.2, 0) is 9.53 Å². The minimum Gasteiger partial charge on any atom is -0.368 e. The Labute approximate surface area is 95.0 Å². The number of ether oxygens (including phenoxy) is 1. The molecule has 1 saturated heterocycles. The Morgan fingerprint density at radius 2 is 2.31 bits per heavy atom. The highest BCUT2D eigenvalue weighted by molar-refractivity contribution is 5.81. The summed E-state index contributed by atoms with van der Waals surface area (Å²) >= 11 is 0. The summed E-state index contributed by atoms with van der Waals surface area (Å²) in [5.74, 6) is -0.0122. The predicted molar refractivity (Wildman–Crippen MR) is 59.8 cm³/mol. The van der Waals surface area contributed by atoms with Gasteiger partial charge in [-0.2, -0.15) is 0 Å². The minimum atomic E-state index is -0.260. The molecule has 0 radical (unpaired) electrons. The largest absolute Gasteiger partial charge is 0.368 e. The zero-order valence-corrected chi connectivity index (χ0v) is 9.35. The second kappa shape index (κ2) is 5.07. The van der Waals surface area contributed by atoms with Crippen LogP contribution in [0.25, 0.3) is 0 Å². The van der Waals surface area contributed by atoms with Crippen molar-refractivity contribution in [1.82, 2.24) is 10.3 Å². The Kier molecular flexibility index (Phi) is 3.51. The van der Waals surface area contributed by atoms with Crippen LogP contribution in [0.1, 0.15) is 31.4 Å². The molecular weight excluding hydrogens is 204 g/mol. The number of nitrogens with one attached hydrogen (secondary N) is 1. The summed E-state index contributed by atoms with van der Waals surface area (Å²) in [7, 11) is 0. The number of nitrogens with zero attached hydrogens (tertiary/aromatic N) is 1. The summed E-state index contributed by atoms with van der Waals surface area (Å²) < 4.78 is 5.33. The SMILES string of the molecule is CC(NC(=O)C1CCCO1)c1ccncc1. The Bertz CT molecular complexity index is 347. The molecule has 1 aliphatic rings. The van der Waals surface area contributed by atoms with Crippen molar-refractivity contribution >= 4 is 5.91 Å². The maximum absolute atomic E-state index is 11.8. The maximum Gasteiger partial charge on any atom is 0.249 e. The first-order valence-corrected chi connectivity index (χ1v) is 5.59. The van der Waals surface area contributed by atoms with Crippen LogP contribution in [0, 0.1) is 0 Å². The topological polar surface area (TPSA) is 51.2 Å². The first kappa shape index (κ1) is 11.1. The van der Waals surface area contributed by atoms with Crippen molar-refractivity contribution in [1.29, 1.82) is 0 Å². The van der Waals surface area contributed by atoms with Gasteiger partial charge in [0.2, 0.25) is 5.91 Å². The molecule has 0 saturated carbocycles. The second-order valence-corrected chi connectivity index (χ2v) is 4.01. The van der Waals surface area contributed by atoms with Gasteiger partial charge in [0.25, 0.3) is 0 Å². The number of carbonyl (C=O) groups is 1. The Morgan fingerprint density at radius 3 is 2.94 bits per heavy atom. The van der Waals surface area contributed by atoms with E-state index in [9.17, 15) is 4.79 Å². The monoisotopic (exact) mass is 220 g/mol. The standard InChI is InChI=1S/C12H16N2O2/c1-9(10-4-6-13-7-5-10)14-12(15)11-3-2-8-16-11/h4-7,9,11H,2-3,8H2,1H3,(H,14,15). The molecule has 0 spiro atoms. The first-order valence-electron chi connectivity index (χ1n) is 5.59. The number of hydrogen-bond acceptors (Lipinski definition) is 3. The molecule has 0 aromatic carbocycles. The summed E-state index contributed by atoms with van der Waals surface area (Å²) in [4.78, 5) is 15.7. The molecule has 16 heavy (non-hydrogen) atoms. The van der Waals surface area contributed by atoms with Gasteiger partial charge >= 0.3 is 0 Å². The summed E-state index contributed by atoms with van der Waals surface area (Å²) in [6, 6.07) is 3.81. The quantitative estimate of drug-likeness (QED) is 0.838. The molecular formula is C12H16N2O2. The van der Waals surface area contributed by atoms with Crippen LogP contribution in [0.4, 0.5) is 0 Å². The van der Waals surface area contributed by atoms with Crippen LogP contribution < -0.4 is 5.32 Å². The van der Waals surface area contributed by atoms with E-state index in [4.69, 9.17) is 4.74 Å². The average molecular weight is 220 g/mol. The van der Waals surface area contributed by atoms with E-state index in [1.54, 1.807) is 12.4 Å². The zero-order chi connectivity index (χ0) is 11.4. The summed E-state index contributed by atoms with van der Waals surface area (Å²) in [6.45, 7) is 2.66. The maximum atomic E-state index is 11.8. The summed E-state index contributed by atoms with van der Waals surface area (Å²) in [6.07, 6.45) is 4.99. The van der Waals surface area contributed by atoms with E-state index in [0.29, 0.717) is 6.61 Å². The normalized spacial score (nSPS) is 21.7. The highest BCUT2D eigenvalue weighted by Gasteiger charge is 2.24. The third-order valence-corrected chi connectivity index (χ3v) is 2.79. The van der Waals surface area contributed by atoms with Crippen molar-refractivity contribution in [3.63, 3.8) is 0 Å². The average Bonchev–Trinajstić information content (AvgIpc) is 2.83. The first-order chi connectivity index (χ1) is 7.77. The lowest BCUT2D eigenvalue weighted by Crippen LogP contribution is -2.35. The van der Waals surface area contributed by atoms with E-state index in [1.165, 1.54) is 0 Å². The van der Waals surface area contributed by atoms with Gasteiger partial charge in [0, 0.05) is 19.0 Å². The molecule has 4 heteroatoms. The van der Waals surface area contributed by atoms with E-state index < -0.39 is 0 Å². The fourth-order valence-electron chi connectivity index (χ4n) is 1.83. The molecule has 1 fully saturated rings. The molecule has 2 atom stereocenters. The van der Waals surface area contributed by atoms with Gasteiger partial charge in [0.1, 0.15) is 6.10 Å². The van der Waals surface area contributed by atoms with E-state index in [-0.39, 0.29) is 18.1 Å². The molecule has 1 amide bonds. The lowest BCUT2D eigenvalue weighted by Gasteiger charge is -2.16. The number of carbonyl (C=O) groups excluding carboxylic acids is 1.